The minimum absolute atomic E-state index is 0.0135. The summed E-state index contributed by atoms with van der Waals surface area (Å²) in [5.74, 6) is -0.375. The molecule has 6 heteroatoms. The molecule has 0 spiro atoms. The summed E-state index contributed by atoms with van der Waals surface area (Å²) >= 11 is 0. The Labute approximate surface area is 137 Å². The molecule has 0 fully saturated rings. The van der Waals surface area contributed by atoms with Crippen LogP contribution < -0.4 is 4.74 Å². The molecule has 2 rings (SSSR count). The number of carboxylic acids is 1. The fraction of sp³-hybridized carbons (Fsp3) is 0.278. The number of aryl methyl sites for hydroxylation is 1. The highest BCUT2D eigenvalue weighted by molar-refractivity contribution is 5.79. The van der Waals surface area contributed by atoms with Gasteiger partial charge < -0.3 is 9.84 Å². The maximum atomic E-state index is 12.8. The van der Waals surface area contributed by atoms with Gasteiger partial charge in [0.05, 0.1) is 12.7 Å². The van der Waals surface area contributed by atoms with Gasteiger partial charge in [-0.3, -0.25) is 4.79 Å². The fourth-order valence-electron chi connectivity index (χ4n) is 2.43. The van der Waals surface area contributed by atoms with E-state index in [-0.39, 0.29) is 12.8 Å². The number of benzene rings is 1. The average Bonchev–Trinajstić information content (AvgIpc) is 2.78. The second-order valence-corrected chi connectivity index (χ2v) is 5.31. The molecule has 0 aromatic heterocycles. The molecule has 3 nitrogen and oxygen atoms in total. The minimum Gasteiger partial charge on any atom is -0.496 e. The third-order valence-electron chi connectivity index (χ3n) is 3.65. The topological polar surface area (TPSA) is 46.5 Å². The molecular weight excluding hydrogens is 321 g/mol. The number of rotatable bonds is 5. The largest absolute Gasteiger partial charge is 0.496 e. The maximum Gasteiger partial charge on any atom is 0.416 e. The predicted octanol–water partition coefficient (Wildman–Crippen LogP) is 4.54. The van der Waals surface area contributed by atoms with E-state index in [2.05, 4.69) is 0 Å². The van der Waals surface area contributed by atoms with Gasteiger partial charge in [-0.15, -0.1) is 0 Å². The summed E-state index contributed by atoms with van der Waals surface area (Å²) in [6, 6.07) is 5.21. The van der Waals surface area contributed by atoms with E-state index in [1.165, 1.54) is 13.2 Å². The average molecular weight is 338 g/mol. The minimum atomic E-state index is -4.38. The first-order valence-corrected chi connectivity index (χ1v) is 7.36. The highest BCUT2D eigenvalue weighted by atomic mass is 19.4. The summed E-state index contributed by atoms with van der Waals surface area (Å²) in [6.45, 7) is 0. The van der Waals surface area contributed by atoms with Gasteiger partial charge in [0.25, 0.3) is 0 Å². The Kier molecular flexibility index (Phi) is 5.49. The summed E-state index contributed by atoms with van der Waals surface area (Å²) in [5.41, 5.74) is 1.36. The molecule has 0 heterocycles. The Bertz CT molecular complexity index is 713. The van der Waals surface area contributed by atoms with Crippen molar-refractivity contribution in [3.8, 4) is 5.75 Å². The van der Waals surface area contributed by atoms with Crippen LogP contribution in [-0.2, 0) is 11.2 Å². The molecular formula is C18H17F3O3. The normalized spacial score (nSPS) is 14.7. The smallest absolute Gasteiger partial charge is 0.416 e. The highest BCUT2D eigenvalue weighted by Gasteiger charge is 2.31. The number of hydrogen-bond donors (Lipinski definition) is 1. The van der Waals surface area contributed by atoms with Crippen molar-refractivity contribution in [2.75, 3.05) is 7.11 Å². The SMILES string of the molecule is COc1ccc(CCC(=O)O)cc1C1=CCC=C(C(F)(F)F)C=C1. The Hall–Kier alpha value is -2.50. The summed E-state index contributed by atoms with van der Waals surface area (Å²) in [4.78, 5) is 10.7. The van der Waals surface area contributed by atoms with Crippen LogP contribution in [0.25, 0.3) is 5.57 Å². The van der Waals surface area contributed by atoms with Gasteiger partial charge >= 0.3 is 12.1 Å². The van der Waals surface area contributed by atoms with Gasteiger partial charge in [-0.05, 0) is 42.2 Å². The lowest BCUT2D eigenvalue weighted by molar-refractivity contribution is -0.136. The van der Waals surface area contributed by atoms with Gasteiger partial charge in [-0.25, -0.2) is 0 Å². The first-order valence-electron chi connectivity index (χ1n) is 7.36. The van der Waals surface area contributed by atoms with E-state index in [0.29, 0.717) is 23.3 Å². The molecule has 0 atom stereocenters. The molecule has 1 N–H and O–H groups in total. The van der Waals surface area contributed by atoms with E-state index in [4.69, 9.17) is 9.84 Å². The number of halogens is 3. The van der Waals surface area contributed by atoms with E-state index in [0.717, 1.165) is 17.7 Å². The van der Waals surface area contributed by atoms with Gasteiger partial charge in [0.15, 0.2) is 0 Å². The van der Waals surface area contributed by atoms with Crippen LogP contribution in [0.1, 0.15) is 24.0 Å². The second kappa shape index (κ2) is 7.38. The number of aliphatic carboxylic acids is 1. The number of methoxy groups -OCH3 is 1. The van der Waals surface area contributed by atoms with Crippen molar-refractivity contribution in [2.24, 2.45) is 0 Å². The van der Waals surface area contributed by atoms with E-state index in [1.54, 1.807) is 24.3 Å². The van der Waals surface area contributed by atoms with Crippen LogP contribution in [0.3, 0.4) is 0 Å². The molecule has 1 aromatic rings. The van der Waals surface area contributed by atoms with Crippen molar-refractivity contribution >= 4 is 11.5 Å². The summed E-state index contributed by atoms with van der Waals surface area (Å²) < 4.78 is 43.7. The number of carbonyl (C=O) groups is 1. The van der Waals surface area contributed by atoms with Crippen molar-refractivity contribution in [3.63, 3.8) is 0 Å². The molecule has 0 aliphatic heterocycles. The number of carboxylic acid groups (broad SMARTS) is 1. The van der Waals surface area contributed by atoms with Crippen molar-refractivity contribution < 1.29 is 27.8 Å². The van der Waals surface area contributed by atoms with Crippen LogP contribution in [0.2, 0.25) is 0 Å². The first-order chi connectivity index (χ1) is 11.3. The first kappa shape index (κ1) is 17.8. The number of ether oxygens (including phenoxy) is 1. The van der Waals surface area contributed by atoms with Crippen LogP contribution >= 0.6 is 0 Å². The molecule has 0 bridgehead atoms. The number of allylic oxidation sites excluding steroid dienone is 6. The van der Waals surface area contributed by atoms with Crippen LogP contribution in [0, 0.1) is 0 Å². The van der Waals surface area contributed by atoms with Gasteiger partial charge in [0, 0.05) is 12.0 Å². The third-order valence-corrected chi connectivity index (χ3v) is 3.65. The third kappa shape index (κ3) is 4.50. The van der Waals surface area contributed by atoms with Gasteiger partial charge in [0.1, 0.15) is 5.75 Å². The molecule has 0 saturated heterocycles. The maximum absolute atomic E-state index is 12.8. The Morgan fingerprint density at radius 3 is 2.62 bits per heavy atom. The molecule has 0 saturated carbocycles. The number of alkyl halides is 3. The van der Waals surface area contributed by atoms with Crippen molar-refractivity contribution in [1.82, 2.24) is 0 Å². The van der Waals surface area contributed by atoms with Gasteiger partial charge in [-0.1, -0.05) is 24.3 Å². The van der Waals surface area contributed by atoms with E-state index >= 15 is 0 Å². The van der Waals surface area contributed by atoms with Crippen molar-refractivity contribution in [3.05, 3.63) is 59.2 Å². The lowest BCUT2D eigenvalue weighted by Crippen LogP contribution is -2.09. The lowest BCUT2D eigenvalue weighted by atomic mass is 9.99. The Morgan fingerprint density at radius 1 is 1.25 bits per heavy atom. The van der Waals surface area contributed by atoms with Crippen molar-refractivity contribution in [1.29, 1.82) is 0 Å². The van der Waals surface area contributed by atoms with Crippen LogP contribution in [0.5, 0.6) is 5.75 Å². The quantitative estimate of drug-likeness (QED) is 0.857. The summed E-state index contributed by atoms with van der Waals surface area (Å²) in [7, 11) is 1.48. The lowest BCUT2D eigenvalue weighted by Gasteiger charge is -2.11. The molecule has 1 aliphatic carbocycles. The molecule has 1 aliphatic rings. The zero-order valence-electron chi connectivity index (χ0n) is 13.1. The van der Waals surface area contributed by atoms with E-state index in [9.17, 15) is 18.0 Å². The molecule has 0 amide bonds. The van der Waals surface area contributed by atoms with Crippen LogP contribution in [0.4, 0.5) is 13.2 Å². The molecule has 1 aromatic carbocycles. The Balaban J connectivity index is 2.32. The zero-order valence-corrected chi connectivity index (χ0v) is 13.1. The van der Waals surface area contributed by atoms with Crippen molar-refractivity contribution in [2.45, 2.75) is 25.4 Å². The van der Waals surface area contributed by atoms with Crippen LogP contribution in [-0.4, -0.2) is 24.4 Å². The summed E-state index contributed by atoms with van der Waals surface area (Å²) in [6.07, 6.45) is 1.37. The molecule has 0 radical (unpaired) electrons. The van der Waals surface area contributed by atoms with Gasteiger partial charge in [0.2, 0.25) is 0 Å². The van der Waals surface area contributed by atoms with E-state index in [1.807, 2.05) is 0 Å². The predicted molar refractivity (Wildman–Crippen MR) is 84.8 cm³/mol. The van der Waals surface area contributed by atoms with Crippen LogP contribution in [0.15, 0.2) is 48.1 Å². The monoisotopic (exact) mass is 338 g/mol. The fourth-order valence-corrected chi connectivity index (χ4v) is 2.43. The molecule has 128 valence electrons. The second-order valence-electron chi connectivity index (χ2n) is 5.31. The molecule has 0 unspecified atom stereocenters. The Morgan fingerprint density at radius 2 is 2.00 bits per heavy atom. The number of hydrogen-bond acceptors (Lipinski definition) is 2. The van der Waals surface area contributed by atoms with E-state index < -0.39 is 17.7 Å². The molecule has 24 heavy (non-hydrogen) atoms. The zero-order chi connectivity index (χ0) is 17.7. The summed E-state index contributed by atoms with van der Waals surface area (Å²) in [5, 5.41) is 8.78. The van der Waals surface area contributed by atoms with Gasteiger partial charge in [-0.2, -0.15) is 13.2 Å². The highest BCUT2D eigenvalue weighted by Crippen LogP contribution is 2.33. The standard InChI is InChI=1S/C18H17F3O3/c1-24-16-9-5-12(6-10-17(22)23)11-15(16)13-3-2-4-14(8-7-13)18(19,20)21/h3-5,7-9,11H,2,6,10H2,1H3,(H,22,23).